The van der Waals surface area contributed by atoms with Crippen LogP contribution in [0.5, 0.6) is 5.75 Å². The Morgan fingerprint density at radius 3 is 2.20 bits per heavy atom. The molecule has 234 valence electrons. The summed E-state index contributed by atoms with van der Waals surface area (Å²) >= 11 is 6.08. The number of imide groups is 2. The number of phenolic OH excluding ortho intramolecular Hbond substituents is 1. The minimum Gasteiger partial charge on any atom is -0.507 e. The van der Waals surface area contributed by atoms with Gasteiger partial charge in [-0.25, -0.2) is 9.29 Å². The van der Waals surface area contributed by atoms with Crippen LogP contribution in [0.4, 0.5) is 15.8 Å². The van der Waals surface area contributed by atoms with Crippen molar-refractivity contribution in [1.82, 2.24) is 0 Å². The highest BCUT2D eigenvalue weighted by atomic mass is 35.5. The Morgan fingerprint density at radius 2 is 1.57 bits per heavy atom. The van der Waals surface area contributed by atoms with E-state index in [0.29, 0.717) is 23.2 Å². The van der Waals surface area contributed by atoms with E-state index in [1.165, 1.54) is 17.0 Å². The smallest absolute Gasteiger partial charge is 0.241 e. The number of nitrogens with zero attached hydrogens (tertiary/aromatic N) is 2. The lowest BCUT2D eigenvalue weighted by atomic mass is 9.51. The van der Waals surface area contributed by atoms with Gasteiger partial charge < -0.3 is 5.11 Å². The van der Waals surface area contributed by atoms with Gasteiger partial charge in [0.15, 0.2) is 0 Å². The maximum atomic E-state index is 14.6. The summed E-state index contributed by atoms with van der Waals surface area (Å²) in [6, 6.07) is 14.5. The second kappa shape index (κ2) is 10.5. The van der Waals surface area contributed by atoms with E-state index in [9.17, 15) is 28.7 Å². The summed E-state index contributed by atoms with van der Waals surface area (Å²) < 4.78 is 14.1. The average molecular weight is 639 g/mol. The van der Waals surface area contributed by atoms with Crippen LogP contribution in [0.2, 0.25) is 5.02 Å². The SMILES string of the molecule is C=Cc1ccc(N2C(=O)C3CC=C4C(CC5C(=O)N(c6ccc(F)c(Cl)c6)C(=O)C5(C)C4c4cc(C)c(O)c(C)c4)C3C2=O)cc1. The molecule has 6 unspecified atom stereocenters. The van der Waals surface area contributed by atoms with E-state index in [2.05, 4.69) is 6.58 Å². The van der Waals surface area contributed by atoms with Crippen LogP contribution in [-0.4, -0.2) is 28.7 Å². The molecule has 2 heterocycles. The van der Waals surface area contributed by atoms with Gasteiger partial charge in [-0.3, -0.25) is 24.1 Å². The summed E-state index contributed by atoms with van der Waals surface area (Å²) in [5.74, 6) is -5.31. The van der Waals surface area contributed by atoms with E-state index in [1.54, 1.807) is 51.1 Å². The summed E-state index contributed by atoms with van der Waals surface area (Å²) in [6.45, 7) is 9.11. The lowest BCUT2D eigenvalue weighted by Crippen LogP contribution is -2.49. The molecule has 0 aromatic heterocycles. The van der Waals surface area contributed by atoms with Crippen LogP contribution in [0.3, 0.4) is 0 Å². The van der Waals surface area contributed by atoms with E-state index in [0.717, 1.165) is 27.7 Å². The summed E-state index contributed by atoms with van der Waals surface area (Å²) in [6.07, 6.45) is 4.17. The molecule has 0 spiro atoms. The molecular weight excluding hydrogens is 607 g/mol. The predicted octanol–water partition coefficient (Wildman–Crippen LogP) is 6.88. The van der Waals surface area contributed by atoms with E-state index in [4.69, 9.17) is 11.6 Å². The van der Waals surface area contributed by atoms with E-state index < -0.39 is 52.6 Å². The number of phenols is 1. The van der Waals surface area contributed by atoms with Gasteiger partial charge in [-0.15, -0.1) is 0 Å². The normalized spacial score (nSPS) is 28.6. The number of halogens is 2. The van der Waals surface area contributed by atoms with Crippen molar-refractivity contribution in [3.05, 3.63) is 106 Å². The summed E-state index contributed by atoms with van der Waals surface area (Å²) in [5, 5.41) is 10.4. The Morgan fingerprint density at radius 1 is 0.913 bits per heavy atom. The fraction of sp³-hybridized carbons (Fsp3) is 0.297. The Hall–Kier alpha value is -4.56. The molecule has 1 N–H and O–H groups in total. The number of fused-ring (bicyclic) bond motifs is 4. The largest absolute Gasteiger partial charge is 0.507 e. The molecule has 46 heavy (non-hydrogen) atoms. The maximum Gasteiger partial charge on any atom is 0.241 e. The first-order valence-corrected chi connectivity index (χ1v) is 15.7. The third-order valence-corrected chi connectivity index (χ3v) is 11.0. The van der Waals surface area contributed by atoms with Crippen molar-refractivity contribution in [2.24, 2.45) is 29.1 Å². The number of aryl methyl sites for hydroxylation is 2. The van der Waals surface area contributed by atoms with Gasteiger partial charge in [-0.05, 0) is 92.1 Å². The van der Waals surface area contributed by atoms with Crippen molar-refractivity contribution in [3.8, 4) is 5.75 Å². The second-order valence-electron chi connectivity index (χ2n) is 13.1. The molecule has 7 rings (SSSR count). The van der Waals surface area contributed by atoms with Gasteiger partial charge in [0.25, 0.3) is 0 Å². The third-order valence-electron chi connectivity index (χ3n) is 10.7. The highest BCUT2D eigenvalue weighted by molar-refractivity contribution is 6.32. The number of anilines is 2. The zero-order chi connectivity index (χ0) is 32.8. The van der Waals surface area contributed by atoms with Crippen LogP contribution in [-0.2, 0) is 19.2 Å². The Balaban J connectivity index is 1.37. The first-order valence-electron chi connectivity index (χ1n) is 15.3. The fourth-order valence-electron chi connectivity index (χ4n) is 8.44. The van der Waals surface area contributed by atoms with Gasteiger partial charge in [0.2, 0.25) is 23.6 Å². The first-order chi connectivity index (χ1) is 21.9. The molecule has 0 radical (unpaired) electrons. The van der Waals surface area contributed by atoms with E-state index in [-0.39, 0.29) is 34.7 Å². The monoisotopic (exact) mass is 638 g/mol. The lowest BCUT2D eigenvalue weighted by molar-refractivity contribution is -0.131. The van der Waals surface area contributed by atoms with Gasteiger partial charge >= 0.3 is 0 Å². The molecule has 4 aliphatic rings. The average Bonchev–Trinajstić information content (AvgIpc) is 3.40. The molecule has 2 saturated heterocycles. The number of amides is 4. The van der Waals surface area contributed by atoms with Crippen molar-refractivity contribution in [2.45, 2.75) is 39.5 Å². The van der Waals surface area contributed by atoms with Crippen LogP contribution in [0, 0.1) is 48.8 Å². The van der Waals surface area contributed by atoms with Crippen molar-refractivity contribution >= 4 is 52.7 Å². The molecule has 6 atom stereocenters. The second-order valence-corrected chi connectivity index (χ2v) is 13.5. The highest BCUT2D eigenvalue weighted by Crippen LogP contribution is 2.64. The number of rotatable bonds is 4. The Kier molecular flexibility index (Phi) is 6.87. The number of benzene rings is 3. The minimum atomic E-state index is -1.27. The molecule has 2 aliphatic carbocycles. The standard InChI is InChI=1S/C37H32ClFN2O5/c1-5-20-6-8-22(9-7-20)40-33(43)25-12-11-24-26(30(25)35(40)45)17-27-34(44)41(23-10-13-29(39)28(38)16-23)36(46)37(27,4)31(24)21-14-18(2)32(42)19(3)15-21/h5-11,13-16,25-27,30-31,42H,1,12,17H2,2-4H3. The number of carbonyl (C=O) groups excluding carboxylic acids is 4. The summed E-state index contributed by atoms with van der Waals surface area (Å²) in [5.41, 5.74) is 3.05. The van der Waals surface area contributed by atoms with Crippen LogP contribution in [0.25, 0.3) is 6.08 Å². The molecule has 7 nitrogen and oxygen atoms in total. The van der Waals surface area contributed by atoms with Gasteiger partial charge in [0.1, 0.15) is 11.6 Å². The molecule has 3 aromatic carbocycles. The number of hydrogen-bond acceptors (Lipinski definition) is 5. The van der Waals surface area contributed by atoms with Crippen LogP contribution in [0.1, 0.15) is 47.9 Å². The topological polar surface area (TPSA) is 95.0 Å². The predicted molar refractivity (Wildman–Crippen MR) is 173 cm³/mol. The Labute approximate surface area is 271 Å². The van der Waals surface area contributed by atoms with Gasteiger partial charge in [-0.2, -0.15) is 0 Å². The molecule has 3 aromatic rings. The van der Waals surface area contributed by atoms with Crippen LogP contribution < -0.4 is 9.80 Å². The quantitative estimate of drug-likeness (QED) is 0.248. The molecule has 1 saturated carbocycles. The molecule has 9 heteroatoms. The van der Waals surface area contributed by atoms with Crippen molar-refractivity contribution in [2.75, 3.05) is 9.80 Å². The van der Waals surface area contributed by atoms with Crippen molar-refractivity contribution < 1.29 is 28.7 Å². The number of aromatic hydroxyl groups is 1. The molecule has 3 fully saturated rings. The van der Waals surface area contributed by atoms with Gasteiger partial charge in [0, 0.05) is 5.92 Å². The minimum absolute atomic E-state index is 0.140. The molecule has 0 bridgehead atoms. The zero-order valence-electron chi connectivity index (χ0n) is 25.6. The van der Waals surface area contributed by atoms with Crippen LogP contribution >= 0.6 is 11.6 Å². The molecule has 4 amide bonds. The van der Waals surface area contributed by atoms with Gasteiger partial charge in [-0.1, -0.05) is 60.2 Å². The van der Waals surface area contributed by atoms with Crippen molar-refractivity contribution in [3.63, 3.8) is 0 Å². The van der Waals surface area contributed by atoms with Gasteiger partial charge in [0.05, 0.1) is 39.6 Å². The molecule has 2 aliphatic heterocycles. The number of allylic oxidation sites excluding steroid dienone is 2. The highest BCUT2D eigenvalue weighted by Gasteiger charge is 2.67. The maximum absolute atomic E-state index is 14.6. The Bertz CT molecular complexity index is 1900. The van der Waals surface area contributed by atoms with E-state index in [1.807, 2.05) is 18.2 Å². The lowest BCUT2D eigenvalue weighted by Gasteiger charge is -2.49. The number of carbonyl (C=O) groups is 4. The fourth-order valence-corrected chi connectivity index (χ4v) is 8.61. The zero-order valence-corrected chi connectivity index (χ0v) is 26.3. The van der Waals surface area contributed by atoms with Crippen molar-refractivity contribution in [1.29, 1.82) is 0 Å². The van der Waals surface area contributed by atoms with Crippen LogP contribution in [0.15, 0.2) is 72.8 Å². The first kappa shape index (κ1) is 30.1. The number of hydrogen-bond donors (Lipinski definition) is 1. The van der Waals surface area contributed by atoms with E-state index >= 15 is 0 Å². The summed E-state index contributed by atoms with van der Waals surface area (Å²) in [4.78, 5) is 59.3. The summed E-state index contributed by atoms with van der Waals surface area (Å²) in [7, 11) is 0. The molecular formula is C37H32ClFN2O5. The third kappa shape index (κ3) is 4.09.